The molecule has 196 valence electrons. The van der Waals surface area contributed by atoms with E-state index in [0.29, 0.717) is 56.3 Å². The number of Topliss-reactive ketones (excluding diaryl/α,β-unsaturated/α-hetero) is 1. The summed E-state index contributed by atoms with van der Waals surface area (Å²) in [6.07, 6.45) is 1.84. The minimum Gasteiger partial charge on any atom is -0.507 e. The molecule has 37 heavy (non-hydrogen) atoms. The number of unbranched alkanes of at least 4 members (excludes halogenated alkanes) is 1. The highest BCUT2D eigenvalue weighted by molar-refractivity contribution is 6.46. The first-order valence-electron chi connectivity index (χ1n) is 12.5. The Kier molecular flexibility index (Phi) is 8.52. The predicted molar refractivity (Wildman–Crippen MR) is 136 cm³/mol. The second kappa shape index (κ2) is 12.0. The van der Waals surface area contributed by atoms with E-state index in [0.717, 1.165) is 12.8 Å². The van der Waals surface area contributed by atoms with Gasteiger partial charge in [-0.25, -0.2) is 0 Å². The molecule has 2 aliphatic heterocycles. The van der Waals surface area contributed by atoms with Gasteiger partial charge in [0, 0.05) is 43.9 Å². The predicted octanol–water partition coefficient (Wildman–Crippen LogP) is 3.53. The number of aliphatic hydroxyl groups excluding tert-OH is 1. The molecule has 2 heterocycles. The van der Waals surface area contributed by atoms with Gasteiger partial charge in [-0.05, 0) is 24.1 Å². The molecule has 10 nitrogen and oxygen atoms in total. The fraction of sp³-hybridized carbons (Fsp3) is 0.407. The Bertz CT molecular complexity index is 1190. The first-order chi connectivity index (χ1) is 17.9. The van der Waals surface area contributed by atoms with Crippen LogP contribution in [-0.2, 0) is 14.3 Å². The summed E-state index contributed by atoms with van der Waals surface area (Å²) >= 11 is 0. The SMILES string of the molecule is CCCCOc1cccc(C(O)=C2C(=O)C(=O)N(CCN3CCOCC3)C2c2cccc([N+](=O)[O-])c2)c1. The number of nitrogens with zero attached hydrogens (tertiary/aromatic N) is 3. The molecule has 2 aromatic carbocycles. The molecular formula is C27H31N3O7. The fourth-order valence-electron chi connectivity index (χ4n) is 4.56. The lowest BCUT2D eigenvalue weighted by atomic mass is 9.95. The third kappa shape index (κ3) is 5.98. The monoisotopic (exact) mass is 509 g/mol. The Labute approximate surface area is 215 Å². The Balaban J connectivity index is 1.73. The third-order valence-corrected chi connectivity index (χ3v) is 6.57. The molecule has 2 saturated heterocycles. The molecule has 0 saturated carbocycles. The molecule has 2 aromatic rings. The molecule has 0 radical (unpaired) electrons. The number of likely N-dealkylation sites (tertiary alicyclic amines) is 1. The first-order valence-corrected chi connectivity index (χ1v) is 12.5. The Morgan fingerprint density at radius 2 is 1.89 bits per heavy atom. The van der Waals surface area contributed by atoms with Crippen LogP contribution < -0.4 is 4.74 Å². The molecule has 1 unspecified atom stereocenters. The van der Waals surface area contributed by atoms with Crippen LogP contribution in [-0.4, -0.2) is 77.5 Å². The van der Waals surface area contributed by atoms with Gasteiger partial charge in [0.25, 0.3) is 17.4 Å². The quantitative estimate of drug-likeness (QED) is 0.129. The second-order valence-corrected chi connectivity index (χ2v) is 9.03. The van der Waals surface area contributed by atoms with Gasteiger partial charge in [0.05, 0.1) is 36.4 Å². The highest BCUT2D eigenvalue weighted by atomic mass is 16.6. The summed E-state index contributed by atoms with van der Waals surface area (Å²) in [4.78, 5) is 40.9. The van der Waals surface area contributed by atoms with Gasteiger partial charge in [-0.3, -0.25) is 24.6 Å². The van der Waals surface area contributed by atoms with Crippen molar-refractivity contribution >= 4 is 23.1 Å². The number of nitro groups is 1. The van der Waals surface area contributed by atoms with Crippen LogP contribution in [0.5, 0.6) is 5.75 Å². The Morgan fingerprint density at radius 3 is 2.62 bits per heavy atom. The zero-order valence-electron chi connectivity index (χ0n) is 20.8. The van der Waals surface area contributed by atoms with Crippen molar-refractivity contribution in [3.63, 3.8) is 0 Å². The van der Waals surface area contributed by atoms with Crippen molar-refractivity contribution in [2.75, 3.05) is 46.0 Å². The molecule has 0 spiro atoms. The van der Waals surface area contributed by atoms with E-state index < -0.39 is 22.7 Å². The minimum absolute atomic E-state index is 0.0989. The van der Waals surface area contributed by atoms with Crippen LogP contribution in [0, 0.1) is 10.1 Å². The third-order valence-electron chi connectivity index (χ3n) is 6.57. The maximum Gasteiger partial charge on any atom is 0.295 e. The van der Waals surface area contributed by atoms with Gasteiger partial charge in [-0.2, -0.15) is 0 Å². The van der Waals surface area contributed by atoms with Crippen LogP contribution >= 0.6 is 0 Å². The van der Waals surface area contributed by atoms with Gasteiger partial charge in [0.15, 0.2) is 0 Å². The van der Waals surface area contributed by atoms with Gasteiger partial charge in [-0.15, -0.1) is 0 Å². The van der Waals surface area contributed by atoms with Crippen LogP contribution in [0.1, 0.15) is 36.9 Å². The molecule has 10 heteroatoms. The van der Waals surface area contributed by atoms with Crippen LogP contribution in [0.3, 0.4) is 0 Å². The average Bonchev–Trinajstić information content (AvgIpc) is 3.17. The number of nitro benzene ring substituents is 1. The summed E-state index contributed by atoms with van der Waals surface area (Å²) in [5, 5.41) is 22.8. The summed E-state index contributed by atoms with van der Waals surface area (Å²) in [5.74, 6) is -1.38. The number of hydrogen-bond acceptors (Lipinski definition) is 8. The number of ketones is 1. The van der Waals surface area contributed by atoms with Crippen molar-refractivity contribution in [1.29, 1.82) is 0 Å². The number of rotatable bonds is 10. The van der Waals surface area contributed by atoms with Crippen LogP contribution in [0.15, 0.2) is 54.1 Å². The molecule has 0 aromatic heterocycles. The number of non-ortho nitro benzene ring substituents is 1. The minimum atomic E-state index is -0.967. The lowest BCUT2D eigenvalue weighted by molar-refractivity contribution is -0.384. The number of morpholine rings is 1. The smallest absolute Gasteiger partial charge is 0.295 e. The van der Waals surface area contributed by atoms with Crippen LogP contribution in [0.25, 0.3) is 5.76 Å². The normalized spacial score (nSPS) is 19.8. The summed E-state index contributed by atoms with van der Waals surface area (Å²) in [6, 6.07) is 11.6. The van der Waals surface area contributed by atoms with Gasteiger partial charge in [0.1, 0.15) is 11.5 Å². The maximum absolute atomic E-state index is 13.3. The van der Waals surface area contributed by atoms with E-state index in [4.69, 9.17) is 9.47 Å². The van der Waals surface area contributed by atoms with Crippen molar-refractivity contribution in [2.45, 2.75) is 25.8 Å². The summed E-state index contributed by atoms with van der Waals surface area (Å²) in [6.45, 7) is 5.87. The Morgan fingerprint density at radius 1 is 1.14 bits per heavy atom. The molecule has 2 aliphatic rings. The van der Waals surface area contributed by atoms with Crippen molar-refractivity contribution in [1.82, 2.24) is 9.80 Å². The largest absolute Gasteiger partial charge is 0.507 e. The van der Waals surface area contributed by atoms with Crippen LogP contribution in [0.4, 0.5) is 5.69 Å². The van der Waals surface area contributed by atoms with Crippen LogP contribution in [0.2, 0.25) is 0 Å². The molecule has 0 aliphatic carbocycles. The summed E-state index contributed by atoms with van der Waals surface area (Å²) in [7, 11) is 0. The second-order valence-electron chi connectivity index (χ2n) is 9.03. The van der Waals surface area contributed by atoms with Crippen molar-refractivity contribution in [3.05, 3.63) is 75.3 Å². The first kappa shape index (κ1) is 26.3. The number of ether oxygens (including phenoxy) is 2. The molecule has 1 atom stereocenters. The molecule has 1 amide bonds. The standard InChI is InChI=1S/C27H31N3O7/c1-2-3-14-37-22-9-5-7-20(18-22)25(31)23-24(19-6-4-8-21(17-19)30(34)35)29(27(33)26(23)32)11-10-28-12-15-36-16-13-28/h4-9,17-18,24,31H,2-3,10-16H2,1H3. The number of carbonyl (C=O) groups is 2. The van der Waals surface area contributed by atoms with E-state index in [1.165, 1.54) is 23.1 Å². The van der Waals surface area contributed by atoms with Gasteiger partial charge < -0.3 is 19.5 Å². The van der Waals surface area contributed by atoms with E-state index in [1.54, 1.807) is 30.3 Å². The maximum atomic E-state index is 13.3. The number of hydrogen-bond donors (Lipinski definition) is 1. The van der Waals surface area contributed by atoms with Crippen molar-refractivity contribution < 1.29 is 29.1 Å². The average molecular weight is 510 g/mol. The fourth-order valence-corrected chi connectivity index (χ4v) is 4.56. The number of benzene rings is 2. The van der Waals surface area contributed by atoms with Gasteiger partial charge in [0.2, 0.25) is 0 Å². The van der Waals surface area contributed by atoms with Gasteiger partial charge in [-0.1, -0.05) is 37.6 Å². The molecule has 1 N–H and O–H groups in total. The van der Waals surface area contributed by atoms with Crippen molar-refractivity contribution in [3.8, 4) is 5.75 Å². The van der Waals surface area contributed by atoms with E-state index in [1.807, 2.05) is 0 Å². The summed E-state index contributed by atoms with van der Waals surface area (Å²) in [5.41, 5.74) is 0.448. The lowest BCUT2D eigenvalue weighted by Gasteiger charge is -2.31. The summed E-state index contributed by atoms with van der Waals surface area (Å²) < 4.78 is 11.1. The van der Waals surface area contributed by atoms with E-state index in [-0.39, 0.29) is 23.6 Å². The van der Waals surface area contributed by atoms with E-state index in [2.05, 4.69) is 11.8 Å². The lowest BCUT2D eigenvalue weighted by Crippen LogP contribution is -2.42. The highest BCUT2D eigenvalue weighted by Crippen LogP contribution is 2.40. The highest BCUT2D eigenvalue weighted by Gasteiger charge is 2.46. The molecular weight excluding hydrogens is 478 g/mol. The zero-order chi connectivity index (χ0) is 26.4. The molecule has 2 fully saturated rings. The number of amides is 1. The Hall–Kier alpha value is -3.76. The van der Waals surface area contributed by atoms with E-state index >= 15 is 0 Å². The molecule has 0 bridgehead atoms. The zero-order valence-corrected chi connectivity index (χ0v) is 20.8. The topological polar surface area (TPSA) is 122 Å². The number of aliphatic hydroxyl groups is 1. The molecule has 4 rings (SSSR count). The number of carbonyl (C=O) groups excluding carboxylic acids is 2. The van der Waals surface area contributed by atoms with Gasteiger partial charge >= 0.3 is 0 Å². The van der Waals surface area contributed by atoms with E-state index in [9.17, 15) is 24.8 Å². The van der Waals surface area contributed by atoms with Crippen molar-refractivity contribution in [2.24, 2.45) is 0 Å².